The molecule has 0 heterocycles. The highest BCUT2D eigenvalue weighted by Crippen LogP contribution is 2.23. The first-order valence-corrected chi connectivity index (χ1v) is 9.36. The van der Waals surface area contributed by atoms with E-state index in [1.54, 1.807) is 30.3 Å². The van der Waals surface area contributed by atoms with Crippen LogP contribution >= 0.6 is 0 Å². The van der Waals surface area contributed by atoms with Gasteiger partial charge in [-0.25, -0.2) is 13.2 Å². The Morgan fingerprint density at radius 2 is 1.41 bits per heavy atom. The summed E-state index contributed by atoms with van der Waals surface area (Å²) in [6.45, 7) is 0. The number of hydrogen-bond donors (Lipinski definition) is 1. The lowest BCUT2D eigenvalue weighted by molar-refractivity contribution is 0.215. The van der Waals surface area contributed by atoms with Crippen molar-refractivity contribution in [2.75, 3.05) is 5.32 Å². The Morgan fingerprint density at radius 1 is 0.852 bits per heavy atom. The van der Waals surface area contributed by atoms with Crippen molar-refractivity contribution in [1.82, 2.24) is 0 Å². The molecule has 0 radical (unpaired) electrons. The SMILES string of the molecule is N#Cc1ccc(S(=O)(=O)c2ccc(NC(=O)Oc3ccccc3)cc2)cc1. The molecule has 3 aromatic carbocycles. The molecule has 0 saturated heterocycles. The summed E-state index contributed by atoms with van der Waals surface area (Å²) < 4.78 is 30.3. The molecular formula is C20H14N2O4S. The first-order chi connectivity index (χ1) is 13.0. The number of carbonyl (C=O) groups excluding carboxylic acids is 1. The lowest BCUT2D eigenvalue weighted by Gasteiger charge is -2.08. The van der Waals surface area contributed by atoms with E-state index in [1.165, 1.54) is 48.5 Å². The smallest absolute Gasteiger partial charge is 0.410 e. The van der Waals surface area contributed by atoms with Gasteiger partial charge in [-0.15, -0.1) is 0 Å². The molecule has 0 saturated carbocycles. The van der Waals surface area contributed by atoms with Gasteiger partial charge in [0.05, 0.1) is 21.4 Å². The monoisotopic (exact) mass is 378 g/mol. The second-order valence-electron chi connectivity index (χ2n) is 5.49. The average Bonchev–Trinajstić information content (AvgIpc) is 2.69. The summed E-state index contributed by atoms with van der Waals surface area (Å²) in [5.41, 5.74) is 0.778. The molecule has 27 heavy (non-hydrogen) atoms. The lowest BCUT2D eigenvalue weighted by Crippen LogP contribution is -2.16. The van der Waals surface area contributed by atoms with Crippen molar-refractivity contribution in [3.8, 4) is 11.8 Å². The van der Waals surface area contributed by atoms with Gasteiger partial charge in [0.25, 0.3) is 0 Å². The summed E-state index contributed by atoms with van der Waals surface area (Å²) in [6, 6.07) is 21.9. The van der Waals surface area contributed by atoms with Gasteiger partial charge in [0, 0.05) is 5.69 Å². The summed E-state index contributed by atoms with van der Waals surface area (Å²) in [4.78, 5) is 12.0. The molecule has 0 aliphatic heterocycles. The number of para-hydroxylation sites is 1. The molecule has 3 aromatic rings. The van der Waals surface area contributed by atoms with Crippen molar-refractivity contribution < 1.29 is 17.9 Å². The van der Waals surface area contributed by atoms with E-state index >= 15 is 0 Å². The Bertz CT molecular complexity index is 1090. The number of rotatable bonds is 4. The number of nitriles is 1. The molecular weight excluding hydrogens is 364 g/mol. The summed E-state index contributed by atoms with van der Waals surface area (Å²) in [5, 5.41) is 11.3. The third kappa shape index (κ3) is 4.32. The number of ether oxygens (including phenoxy) is 1. The highest BCUT2D eigenvalue weighted by Gasteiger charge is 2.17. The Balaban J connectivity index is 1.72. The number of nitrogens with one attached hydrogen (secondary N) is 1. The second kappa shape index (κ2) is 7.72. The Kier molecular flexibility index (Phi) is 5.20. The van der Waals surface area contributed by atoms with Crippen molar-refractivity contribution in [1.29, 1.82) is 5.26 Å². The van der Waals surface area contributed by atoms with Crippen LogP contribution in [0.2, 0.25) is 0 Å². The van der Waals surface area contributed by atoms with E-state index in [0.29, 0.717) is 17.0 Å². The predicted octanol–water partition coefficient (Wildman–Crippen LogP) is 4.00. The van der Waals surface area contributed by atoms with Crippen LogP contribution in [-0.2, 0) is 9.84 Å². The van der Waals surface area contributed by atoms with E-state index in [0.717, 1.165) is 0 Å². The summed E-state index contributed by atoms with van der Waals surface area (Å²) in [6.07, 6.45) is -0.677. The van der Waals surface area contributed by atoms with Crippen LogP contribution in [0.15, 0.2) is 88.7 Å². The zero-order valence-corrected chi connectivity index (χ0v) is 14.8. The van der Waals surface area contributed by atoms with Gasteiger partial charge in [-0.2, -0.15) is 5.26 Å². The molecule has 134 valence electrons. The molecule has 0 bridgehead atoms. The van der Waals surface area contributed by atoms with Gasteiger partial charge in [-0.05, 0) is 60.7 Å². The molecule has 0 fully saturated rings. The van der Waals surface area contributed by atoms with Crippen LogP contribution in [0.25, 0.3) is 0 Å². The van der Waals surface area contributed by atoms with Crippen LogP contribution in [0, 0.1) is 11.3 Å². The fraction of sp³-hybridized carbons (Fsp3) is 0. The molecule has 0 aromatic heterocycles. The van der Waals surface area contributed by atoms with Crippen LogP contribution in [0.1, 0.15) is 5.56 Å². The third-order valence-electron chi connectivity index (χ3n) is 3.66. The summed E-state index contributed by atoms with van der Waals surface area (Å²) in [5.74, 6) is 0.398. The number of hydrogen-bond acceptors (Lipinski definition) is 5. The van der Waals surface area contributed by atoms with Gasteiger partial charge in [0.2, 0.25) is 9.84 Å². The first-order valence-electron chi connectivity index (χ1n) is 7.88. The van der Waals surface area contributed by atoms with Crippen molar-refractivity contribution in [3.63, 3.8) is 0 Å². The summed E-state index contributed by atoms with van der Waals surface area (Å²) in [7, 11) is -3.71. The number of carbonyl (C=O) groups is 1. The van der Waals surface area contributed by atoms with Crippen LogP contribution in [-0.4, -0.2) is 14.5 Å². The van der Waals surface area contributed by atoms with Gasteiger partial charge in [-0.3, -0.25) is 5.32 Å². The molecule has 1 N–H and O–H groups in total. The minimum atomic E-state index is -3.71. The highest BCUT2D eigenvalue weighted by atomic mass is 32.2. The van der Waals surface area contributed by atoms with Gasteiger partial charge >= 0.3 is 6.09 Å². The minimum absolute atomic E-state index is 0.0779. The Hall–Kier alpha value is -3.63. The quantitative estimate of drug-likeness (QED) is 0.740. The Labute approximate surface area is 156 Å². The Morgan fingerprint density at radius 3 is 1.96 bits per heavy atom. The van der Waals surface area contributed by atoms with Gasteiger partial charge in [-0.1, -0.05) is 18.2 Å². The number of amides is 1. The molecule has 0 spiro atoms. The maximum absolute atomic E-state index is 12.6. The van der Waals surface area contributed by atoms with Gasteiger partial charge in [0.15, 0.2) is 0 Å². The number of sulfone groups is 1. The van der Waals surface area contributed by atoms with Crippen LogP contribution in [0.5, 0.6) is 5.75 Å². The third-order valence-corrected chi connectivity index (χ3v) is 5.44. The summed E-state index contributed by atoms with van der Waals surface area (Å²) >= 11 is 0. The van der Waals surface area contributed by atoms with Crippen LogP contribution in [0.4, 0.5) is 10.5 Å². The number of nitrogens with zero attached hydrogens (tertiary/aromatic N) is 1. The first kappa shape index (κ1) is 18.2. The number of benzene rings is 3. The molecule has 1 amide bonds. The molecule has 0 aliphatic rings. The normalized spacial score (nSPS) is 10.6. The van der Waals surface area contributed by atoms with E-state index in [-0.39, 0.29) is 9.79 Å². The van der Waals surface area contributed by atoms with Crippen LogP contribution in [0.3, 0.4) is 0 Å². The van der Waals surface area contributed by atoms with Crippen molar-refractivity contribution in [2.24, 2.45) is 0 Å². The van der Waals surface area contributed by atoms with E-state index in [1.807, 2.05) is 6.07 Å². The molecule has 3 rings (SSSR count). The maximum Gasteiger partial charge on any atom is 0.417 e. The molecule has 0 unspecified atom stereocenters. The van der Waals surface area contributed by atoms with E-state index in [9.17, 15) is 13.2 Å². The van der Waals surface area contributed by atoms with E-state index < -0.39 is 15.9 Å². The molecule has 6 nitrogen and oxygen atoms in total. The minimum Gasteiger partial charge on any atom is -0.410 e. The molecule has 0 atom stereocenters. The van der Waals surface area contributed by atoms with Crippen LogP contribution < -0.4 is 10.1 Å². The van der Waals surface area contributed by atoms with Crippen molar-refractivity contribution >= 4 is 21.6 Å². The second-order valence-corrected chi connectivity index (χ2v) is 7.44. The highest BCUT2D eigenvalue weighted by molar-refractivity contribution is 7.91. The molecule has 7 heteroatoms. The lowest BCUT2D eigenvalue weighted by atomic mass is 10.2. The average molecular weight is 378 g/mol. The van der Waals surface area contributed by atoms with E-state index in [4.69, 9.17) is 10.00 Å². The standard InChI is InChI=1S/C20H14N2O4S/c21-14-15-6-10-18(11-7-15)27(24,25)19-12-8-16(9-13-19)22-20(23)26-17-4-2-1-3-5-17/h1-13H,(H,22,23). The topological polar surface area (TPSA) is 96.3 Å². The van der Waals surface area contributed by atoms with E-state index in [2.05, 4.69) is 5.32 Å². The predicted molar refractivity (Wildman–Crippen MR) is 99.1 cm³/mol. The zero-order valence-electron chi connectivity index (χ0n) is 14.0. The van der Waals surface area contributed by atoms with Gasteiger partial charge < -0.3 is 4.74 Å². The fourth-order valence-electron chi connectivity index (χ4n) is 2.30. The zero-order chi connectivity index (χ0) is 19.3. The van der Waals surface area contributed by atoms with Crippen molar-refractivity contribution in [3.05, 3.63) is 84.4 Å². The van der Waals surface area contributed by atoms with Crippen molar-refractivity contribution in [2.45, 2.75) is 9.79 Å². The number of anilines is 1. The maximum atomic E-state index is 12.6. The molecule has 0 aliphatic carbocycles. The fourth-order valence-corrected chi connectivity index (χ4v) is 3.56. The van der Waals surface area contributed by atoms with Gasteiger partial charge in [0.1, 0.15) is 5.75 Å². The largest absolute Gasteiger partial charge is 0.417 e.